The van der Waals surface area contributed by atoms with Crippen molar-refractivity contribution in [2.45, 2.75) is 6.92 Å². The SMILES string of the molecule is Cc1ccc(C=NN2CCN(C(=O)Cl)C2=O)o1. The molecule has 7 heteroatoms. The highest BCUT2D eigenvalue weighted by Gasteiger charge is 2.32. The molecule has 17 heavy (non-hydrogen) atoms. The Hall–Kier alpha value is -1.82. The number of furan rings is 1. The van der Waals surface area contributed by atoms with Gasteiger partial charge in [-0.25, -0.2) is 14.7 Å². The first-order valence-corrected chi connectivity index (χ1v) is 5.34. The Morgan fingerprint density at radius 2 is 2.29 bits per heavy atom. The fraction of sp³-hybridized carbons (Fsp3) is 0.300. The Morgan fingerprint density at radius 3 is 2.82 bits per heavy atom. The van der Waals surface area contributed by atoms with E-state index in [0.29, 0.717) is 12.3 Å². The molecule has 0 radical (unpaired) electrons. The largest absolute Gasteiger partial charge is 0.460 e. The molecule has 1 aromatic heterocycles. The van der Waals surface area contributed by atoms with E-state index >= 15 is 0 Å². The van der Waals surface area contributed by atoms with Crippen molar-refractivity contribution >= 4 is 29.2 Å². The molecule has 0 saturated carbocycles. The molecule has 0 aliphatic carbocycles. The highest BCUT2D eigenvalue weighted by molar-refractivity contribution is 6.64. The van der Waals surface area contributed by atoms with Crippen LogP contribution in [-0.4, -0.2) is 40.6 Å². The number of carbonyl (C=O) groups is 2. The number of amides is 3. The smallest absolute Gasteiger partial charge is 0.348 e. The van der Waals surface area contributed by atoms with E-state index in [2.05, 4.69) is 5.10 Å². The molecule has 1 saturated heterocycles. The lowest BCUT2D eigenvalue weighted by Crippen LogP contribution is -2.30. The number of nitrogens with zero attached hydrogens (tertiary/aromatic N) is 3. The lowest BCUT2D eigenvalue weighted by atomic mass is 10.4. The summed E-state index contributed by atoms with van der Waals surface area (Å²) in [6, 6.07) is 3.01. The predicted octanol–water partition coefficient (Wildman–Crippen LogP) is 2.02. The maximum atomic E-state index is 11.6. The molecule has 3 amide bonds. The third-order valence-electron chi connectivity index (χ3n) is 2.28. The van der Waals surface area contributed by atoms with E-state index in [1.807, 2.05) is 6.92 Å². The summed E-state index contributed by atoms with van der Waals surface area (Å²) in [5.74, 6) is 1.31. The van der Waals surface area contributed by atoms with Gasteiger partial charge in [-0.2, -0.15) is 5.10 Å². The summed E-state index contributed by atoms with van der Waals surface area (Å²) in [6.45, 7) is 2.38. The van der Waals surface area contributed by atoms with Gasteiger partial charge in [0, 0.05) is 0 Å². The molecular weight excluding hydrogens is 246 g/mol. The summed E-state index contributed by atoms with van der Waals surface area (Å²) >= 11 is 5.23. The van der Waals surface area contributed by atoms with Crippen LogP contribution in [0.15, 0.2) is 21.7 Å². The van der Waals surface area contributed by atoms with Crippen molar-refractivity contribution in [3.63, 3.8) is 0 Å². The van der Waals surface area contributed by atoms with Gasteiger partial charge in [0.25, 0.3) is 0 Å². The number of imide groups is 1. The van der Waals surface area contributed by atoms with Gasteiger partial charge in [0.05, 0.1) is 19.3 Å². The summed E-state index contributed by atoms with van der Waals surface area (Å²) in [7, 11) is 0. The number of rotatable bonds is 2. The second-order valence-electron chi connectivity index (χ2n) is 3.50. The Morgan fingerprint density at radius 1 is 1.53 bits per heavy atom. The molecule has 1 aromatic rings. The van der Waals surface area contributed by atoms with E-state index in [9.17, 15) is 9.59 Å². The molecule has 0 spiro atoms. The van der Waals surface area contributed by atoms with Crippen LogP contribution in [0.3, 0.4) is 0 Å². The summed E-state index contributed by atoms with van der Waals surface area (Å²) in [5.41, 5.74) is 0. The van der Waals surface area contributed by atoms with Crippen molar-refractivity contribution < 1.29 is 14.0 Å². The lowest BCUT2D eigenvalue weighted by Gasteiger charge is -2.09. The van der Waals surface area contributed by atoms with E-state index in [-0.39, 0.29) is 6.54 Å². The minimum absolute atomic E-state index is 0.246. The van der Waals surface area contributed by atoms with Gasteiger partial charge in [-0.05, 0) is 30.7 Å². The van der Waals surface area contributed by atoms with Crippen LogP contribution in [0.1, 0.15) is 11.5 Å². The van der Waals surface area contributed by atoms with Crippen LogP contribution in [0.2, 0.25) is 0 Å². The average Bonchev–Trinajstić information content (AvgIpc) is 2.82. The molecule has 0 atom stereocenters. The van der Waals surface area contributed by atoms with E-state index in [4.69, 9.17) is 16.0 Å². The van der Waals surface area contributed by atoms with Crippen LogP contribution >= 0.6 is 11.6 Å². The maximum absolute atomic E-state index is 11.6. The fourth-order valence-electron chi connectivity index (χ4n) is 1.44. The Kier molecular flexibility index (Phi) is 3.14. The summed E-state index contributed by atoms with van der Waals surface area (Å²) in [5, 5.41) is 4.31. The van der Waals surface area contributed by atoms with Crippen molar-refractivity contribution in [1.82, 2.24) is 9.91 Å². The topological polar surface area (TPSA) is 66.1 Å². The molecule has 0 N–H and O–H groups in total. The van der Waals surface area contributed by atoms with Crippen LogP contribution < -0.4 is 0 Å². The molecule has 1 aliphatic heterocycles. The predicted molar refractivity (Wildman–Crippen MR) is 61.1 cm³/mol. The Balaban J connectivity index is 2.03. The number of hydrogen-bond acceptors (Lipinski definition) is 4. The van der Waals surface area contributed by atoms with Crippen LogP contribution in [0.4, 0.5) is 9.59 Å². The Bertz CT molecular complexity index is 483. The number of urea groups is 1. The summed E-state index contributed by atoms with van der Waals surface area (Å²) in [4.78, 5) is 23.4. The van der Waals surface area contributed by atoms with Crippen LogP contribution in [0.25, 0.3) is 0 Å². The average molecular weight is 256 g/mol. The highest BCUT2D eigenvalue weighted by atomic mass is 35.5. The number of halogens is 1. The second-order valence-corrected chi connectivity index (χ2v) is 3.83. The highest BCUT2D eigenvalue weighted by Crippen LogP contribution is 2.12. The zero-order valence-electron chi connectivity index (χ0n) is 9.09. The maximum Gasteiger partial charge on any atom is 0.348 e. The monoisotopic (exact) mass is 255 g/mol. The van der Waals surface area contributed by atoms with Crippen LogP contribution in [-0.2, 0) is 0 Å². The van der Waals surface area contributed by atoms with Crippen molar-refractivity contribution in [2.24, 2.45) is 5.10 Å². The van der Waals surface area contributed by atoms with Gasteiger partial charge in [0.2, 0.25) is 0 Å². The summed E-state index contributed by atoms with van der Waals surface area (Å²) in [6.07, 6.45) is 1.42. The molecule has 0 bridgehead atoms. The molecule has 1 aliphatic rings. The van der Waals surface area contributed by atoms with Crippen molar-refractivity contribution in [1.29, 1.82) is 0 Å². The molecule has 0 aromatic carbocycles. The van der Waals surface area contributed by atoms with E-state index in [1.165, 1.54) is 6.21 Å². The van der Waals surface area contributed by atoms with Gasteiger partial charge in [-0.15, -0.1) is 0 Å². The lowest BCUT2D eigenvalue weighted by molar-refractivity contribution is 0.195. The van der Waals surface area contributed by atoms with Crippen LogP contribution in [0.5, 0.6) is 0 Å². The zero-order valence-corrected chi connectivity index (χ0v) is 9.85. The van der Waals surface area contributed by atoms with Crippen molar-refractivity contribution in [2.75, 3.05) is 13.1 Å². The van der Waals surface area contributed by atoms with Gasteiger partial charge >= 0.3 is 11.4 Å². The quantitative estimate of drug-likeness (QED) is 0.461. The second kappa shape index (κ2) is 4.58. The number of hydrazone groups is 1. The molecule has 2 rings (SSSR count). The van der Waals surface area contributed by atoms with Crippen molar-refractivity contribution in [3.8, 4) is 0 Å². The molecule has 0 unspecified atom stereocenters. The molecule has 90 valence electrons. The minimum Gasteiger partial charge on any atom is -0.460 e. The zero-order chi connectivity index (χ0) is 12.4. The van der Waals surface area contributed by atoms with Gasteiger partial charge in [0.15, 0.2) is 0 Å². The van der Waals surface area contributed by atoms with E-state index < -0.39 is 11.4 Å². The minimum atomic E-state index is -0.790. The van der Waals surface area contributed by atoms with Crippen molar-refractivity contribution in [3.05, 3.63) is 23.7 Å². The first-order chi connectivity index (χ1) is 8.08. The number of hydrogen-bond donors (Lipinski definition) is 0. The van der Waals surface area contributed by atoms with Crippen LogP contribution in [0, 0.1) is 6.92 Å². The standard InChI is InChI=1S/C10H10ClN3O3/c1-7-2-3-8(17-7)6-12-14-5-4-13(9(11)15)10(14)16/h2-3,6H,4-5H2,1H3. The molecular formula is C10H10ClN3O3. The normalized spacial score (nSPS) is 16.2. The first-order valence-electron chi connectivity index (χ1n) is 4.97. The number of carbonyl (C=O) groups excluding carboxylic acids is 2. The molecule has 2 heterocycles. The van der Waals surface area contributed by atoms with Gasteiger partial charge in [-0.3, -0.25) is 4.79 Å². The molecule has 6 nitrogen and oxygen atoms in total. The van der Waals surface area contributed by atoms with Gasteiger partial charge in [-0.1, -0.05) is 0 Å². The first kappa shape index (κ1) is 11.7. The van der Waals surface area contributed by atoms with Gasteiger partial charge < -0.3 is 4.42 Å². The summed E-state index contributed by atoms with van der Waals surface area (Å²) < 4.78 is 5.26. The molecule has 1 fully saturated rings. The van der Waals surface area contributed by atoms with E-state index in [1.54, 1.807) is 12.1 Å². The third-order valence-corrected chi connectivity index (χ3v) is 2.49. The van der Waals surface area contributed by atoms with Gasteiger partial charge in [0.1, 0.15) is 11.5 Å². The third kappa shape index (κ3) is 2.47. The number of aryl methyl sites for hydroxylation is 1. The Labute approximate surface area is 102 Å². The fourth-order valence-corrected chi connectivity index (χ4v) is 1.60. The van der Waals surface area contributed by atoms with E-state index in [0.717, 1.165) is 15.7 Å².